The number of amidine groups is 1. The van der Waals surface area contributed by atoms with E-state index in [1.165, 1.54) is 6.26 Å². The summed E-state index contributed by atoms with van der Waals surface area (Å²) in [5, 5.41) is 14.2. The summed E-state index contributed by atoms with van der Waals surface area (Å²) in [4.78, 5) is 11.8. The van der Waals surface area contributed by atoms with Crippen molar-refractivity contribution in [3.05, 3.63) is 23.7 Å². The van der Waals surface area contributed by atoms with E-state index in [2.05, 4.69) is 10.5 Å². The van der Waals surface area contributed by atoms with Crippen LogP contribution in [0.3, 0.4) is 0 Å². The minimum Gasteiger partial charge on any atom is -0.459 e. The van der Waals surface area contributed by atoms with Crippen LogP contribution in [-0.4, -0.2) is 23.0 Å². The largest absolute Gasteiger partial charge is 0.459 e. The highest BCUT2D eigenvalue weighted by molar-refractivity contribution is 5.97. The van der Waals surface area contributed by atoms with Crippen LogP contribution in [0.4, 0.5) is 0 Å². The molecule has 0 spiro atoms. The molecule has 1 aromatic heterocycles. The van der Waals surface area contributed by atoms with Crippen molar-refractivity contribution >= 4 is 11.7 Å². The fourth-order valence-electron chi connectivity index (χ4n) is 1.48. The number of nitrogens with zero attached hydrogens (tertiary/aromatic N) is 1. The van der Waals surface area contributed by atoms with Crippen LogP contribution in [0.25, 0.3) is 0 Å². The number of furan rings is 1. The summed E-state index contributed by atoms with van der Waals surface area (Å²) >= 11 is 0. The van der Waals surface area contributed by atoms with Gasteiger partial charge < -0.3 is 20.7 Å². The fourth-order valence-corrected chi connectivity index (χ4v) is 1.48. The van der Waals surface area contributed by atoms with Crippen molar-refractivity contribution in [2.24, 2.45) is 10.9 Å². The summed E-state index contributed by atoms with van der Waals surface area (Å²) in [6.07, 6.45) is 2.85. The van der Waals surface area contributed by atoms with E-state index in [-0.39, 0.29) is 17.5 Å². The van der Waals surface area contributed by atoms with Crippen LogP contribution in [0.15, 0.2) is 21.9 Å². The number of nitrogens with two attached hydrogens (primary N) is 1. The maximum atomic E-state index is 11.8. The number of rotatable bonds is 5. The van der Waals surface area contributed by atoms with E-state index in [0.29, 0.717) is 6.42 Å². The van der Waals surface area contributed by atoms with Crippen molar-refractivity contribution in [2.75, 3.05) is 0 Å². The van der Waals surface area contributed by atoms with E-state index in [9.17, 15) is 4.79 Å². The summed E-state index contributed by atoms with van der Waals surface area (Å²) in [7, 11) is 0. The number of carbonyl (C=O) groups excluding carboxylic acids is 1. The first-order valence-corrected chi connectivity index (χ1v) is 5.42. The summed E-state index contributed by atoms with van der Waals surface area (Å²) < 4.78 is 5.06. The maximum Gasteiger partial charge on any atom is 0.287 e. The normalized spacial score (nSPS) is 13.4. The molecule has 0 bridgehead atoms. The van der Waals surface area contributed by atoms with Crippen molar-refractivity contribution < 1.29 is 14.4 Å². The molecule has 0 saturated heterocycles. The first kappa shape index (κ1) is 13.1. The van der Waals surface area contributed by atoms with E-state index in [1.54, 1.807) is 13.0 Å². The van der Waals surface area contributed by atoms with E-state index in [0.717, 1.165) is 12.0 Å². The number of oxime groups is 1. The van der Waals surface area contributed by atoms with Crippen LogP contribution >= 0.6 is 0 Å². The highest BCUT2D eigenvalue weighted by Crippen LogP contribution is 2.09. The molecule has 4 N–H and O–H groups in total. The fraction of sp³-hybridized carbons (Fsp3) is 0.455. The Morgan fingerprint density at radius 3 is 2.88 bits per heavy atom. The Labute approximate surface area is 99.5 Å². The van der Waals surface area contributed by atoms with Gasteiger partial charge in [-0.15, -0.1) is 0 Å². The van der Waals surface area contributed by atoms with Gasteiger partial charge in [-0.2, -0.15) is 0 Å². The Hall–Kier alpha value is -1.98. The summed E-state index contributed by atoms with van der Waals surface area (Å²) in [6, 6.07) is 1.22. The van der Waals surface area contributed by atoms with Gasteiger partial charge in [-0.1, -0.05) is 18.5 Å². The van der Waals surface area contributed by atoms with Crippen LogP contribution < -0.4 is 11.1 Å². The van der Waals surface area contributed by atoms with Crippen LogP contribution in [0.1, 0.15) is 35.9 Å². The van der Waals surface area contributed by atoms with Gasteiger partial charge in [-0.3, -0.25) is 4.79 Å². The molecule has 1 atom stereocenters. The molecule has 94 valence electrons. The van der Waals surface area contributed by atoms with Crippen LogP contribution in [0, 0.1) is 6.92 Å². The Balaban J connectivity index is 2.74. The monoisotopic (exact) mass is 239 g/mol. The number of amides is 1. The quantitative estimate of drug-likeness (QED) is 0.311. The standard InChI is InChI=1S/C11H17N3O3/c1-3-4-8(10(12)14-16)13-11(15)9-7(2)5-6-17-9/h5-6,8,16H,3-4H2,1-2H3,(H2,12,14)(H,13,15). The van der Waals surface area contributed by atoms with E-state index in [4.69, 9.17) is 15.4 Å². The van der Waals surface area contributed by atoms with Gasteiger partial charge in [0.1, 0.15) is 0 Å². The zero-order valence-corrected chi connectivity index (χ0v) is 9.93. The van der Waals surface area contributed by atoms with E-state index < -0.39 is 6.04 Å². The van der Waals surface area contributed by atoms with E-state index >= 15 is 0 Å². The molecule has 1 amide bonds. The second kappa shape index (κ2) is 5.93. The minimum absolute atomic E-state index is 0.00981. The highest BCUT2D eigenvalue weighted by Gasteiger charge is 2.19. The van der Waals surface area contributed by atoms with Gasteiger partial charge in [-0.25, -0.2) is 0 Å². The van der Waals surface area contributed by atoms with Gasteiger partial charge in [0.05, 0.1) is 12.3 Å². The third-order valence-electron chi connectivity index (χ3n) is 2.42. The Morgan fingerprint density at radius 2 is 2.41 bits per heavy atom. The molecule has 0 radical (unpaired) electrons. The molecule has 6 heteroatoms. The highest BCUT2D eigenvalue weighted by atomic mass is 16.4. The molecule has 0 aliphatic heterocycles. The molecule has 0 aliphatic carbocycles. The third kappa shape index (κ3) is 3.24. The molecule has 1 heterocycles. The topological polar surface area (TPSA) is 101 Å². The van der Waals surface area contributed by atoms with Gasteiger partial charge >= 0.3 is 0 Å². The van der Waals surface area contributed by atoms with Crippen LogP contribution in [-0.2, 0) is 0 Å². The molecule has 17 heavy (non-hydrogen) atoms. The van der Waals surface area contributed by atoms with Crippen LogP contribution in [0.2, 0.25) is 0 Å². The lowest BCUT2D eigenvalue weighted by Crippen LogP contribution is -2.44. The van der Waals surface area contributed by atoms with Gasteiger partial charge in [0, 0.05) is 5.56 Å². The van der Waals surface area contributed by atoms with Crippen molar-refractivity contribution in [1.82, 2.24) is 5.32 Å². The molecule has 1 unspecified atom stereocenters. The molecular formula is C11H17N3O3. The predicted octanol–water partition coefficient (Wildman–Crippen LogP) is 1.23. The number of carbonyl (C=O) groups is 1. The molecule has 0 saturated carbocycles. The first-order chi connectivity index (χ1) is 8.10. The predicted molar refractivity (Wildman–Crippen MR) is 63.0 cm³/mol. The molecule has 0 fully saturated rings. The molecule has 6 nitrogen and oxygen atoms in total. The molecule has 1 aromatic rings. The average molecular weight is 239 g/mol. The molecule has 0 aliphatic rings. The van der Waals surface area contributed by atoms with Crippen molar-refractivity contribution in [3.63, 3.8) is 0 Å². The summed E-state index contributed by atoms with van der Waals surface area (Å²) in [5.41, 5.74) is 6.25. The van der Waals surface area contributed by atoms with Crippen LogP contribution in [0.5, 0.6) is 0 Å². The van der Waals surface area contributed by atoms with Crippen molar-refractivity contribution in [2.45, 2.75) is 32.7 Å². The van der Waals surface area contributed by atoms with Crippen molar-refractivity contribution in [3.8, 4) is 0 Å². The van der Waals surface area contributed by atoms with Crippen molar-refractivity contribution in [1.29, 1.82) is 0 Å². The van der Waals surface area contributed by atoms with Gasteiger partial charge in [-0.05, 0) is 19.4 Å². The minimum atomic E-state index is -0.484. The lowest BCUT2D eigenvalue weighted by Gasteiger charge is -2.15. The average Bonchev–Trinajstić information content (AvgIpc) is 2.73. The van der Waals surface area contributed by atoms with Gasteiger partial charge in [0.25, 0.3) is 5.91 Å². The second-order valence-electron chi connectivity index (χ2n) is 3.77. The molecule has 1 rings (SSSR count). The lowest BCUT2D eigenvalue weighted by molar-refractivity contribution is 0.0916. The lowest BCUT2D eigenvalue weighted by atomic mass is 10.1. The number of hydrogen-bond acceptors (Lipinski definition) is 4. The SMILES string of the molecule is CCCC(NC(=O)c1occc1C)/C(N)=N/O. The zero-order chi connectivity index (χ0) is 12.8. The molecule has 0 aromatic carbocycles. The number of nitrogens with one attached hydrogen (secondary N) is 1. The van der Waals surface area contributed by atoms with Gasteiger partial charge in [0.2, 0.25) is 0 Å². The van der Waals surface area contributed by atoms with Gasteiger partial charge in [0.15, 0.2) is 11.6 Å². The first-order valence-electron chi connectivity index (χ1n) is 5.42. The number of aryl methyl sites for hydroxylation is 1. The second-order valence-corrected chi connectivity index (χ2v) is 3.77. The maximum absolute atomic E-state index is 11.8. The Morgan fingerprint density at radius 1 is 1.71 bits per heavy atom. The summed E-state index contributed by atoms with van der Waals surface area (Å²) in [5.74, 6) is -0.126. The Kier molecular flexibility index (Phi) is 4.56. The third-order valence-corrected chi connectivity index (χ3v) is 2.42. The zero-order valence-electron chi connectivity index (χ0n) is 9.93. The smallest absolute Gasteiger partial charge is 0.287 e. The molecular weight excluding hydrogens is 222 g/mol. The number of hydrogen-bond donors (Lipinski definition) is 3. The summed E-state index contributed by atoms with van der Waals surface area (Å²) in [6.45, 7) is 3.72. The Bertz CT molecular complexity index is 412. The van der Waals surface area contributed by atoms with E-state index in [1.807, 2.05) is 6.92 Å².